The first-order valence-corrected chi connectivity index (χ1v) is 6.74. The molecule has 16 heavy (non-hydrogen) atoms. The van der Waals surface area contributed by atoms with Crippen molar-refractivity contribution in [2.75, 3.05) is 11.5 Å². The Labute approximate surface area is 98.5 Å². The van der Waals surface area contributed by atoms with Crippen LogP contribution >= 0.6 is 11.8 Å². The maximum Gasteiger partial charge on any atom is 0.179 e. The Bertz CT molecular complexity index is 503. The molecule has 0 atom stereocenters. The molecule has 1 aliphatic rings. The summed E-state index contributed by atoms with van der Waals surface area (Å²) < 4.78 is 1.91. The van der Waals surface area contributed by atoms with Crippen LogP contribution in [0.15, 0.2) is 24.5 Å². The van der Waals surface area contributed by atoms with Gasteiger partial charge in [-0.1, -0.05) is 0 Å². The molecule has 0 aliphatic carbocycles. The third-order valence-corrected chi connectivity index (χ3v) is 4.17. The van der Waals surface area contributed by atoms with E-state index in [1.54, 1.807) is 6.07 Å². The van der Waals surface area contributed by atoms with Gasteiger partial charge in [0.1, 0.15) is 0 Å². The van der Waals surface area contributed by atoms with E-state index in [9.17, 15) is 5.11 Å². The van der Waals surface area contributed by atoms with E-state index in [0.717, 1.165) is 5.69 Å². The van der Waals surface area contributed by atoms with Crippen molar-refractivity contribution in [2.24, 2.45) is 0 Å². The molecule has 3 heterocycles. The van der Waals surface area contributed by atoms with Gasteiger partial charge in [0.15, 0.2) is 11.4 Å². The smallest absolute Gasteiger partial charge is 0.179 e. The molecule has 0 saturated carbocycles. The molecule has 0 spiro atoms. The first kappa shape index (κ1) is 10.0. The van der Waals surface area contributed by atoms with Crippen molar-refractivity contribution in [3.8, 4) is 5.75 Å². The van der Waals surface area contributed by atoms with Gasteiger partial charge in [0.05, 0.1) is 5.69 Å². The van der Waals surface area contributed by atoms with Crippen LogP contribution in [0.25, 0.3) is 5.65 Å². The van der Waals surface area contributed by atoms with E-state index in [2.05, 4.69) is 11.2 Å². The van der Waals surface area contributed by atoms with Crippen molar-refractivity contribution in [1.82, 2.24) is 9.38 Å². The van der Waals surface area contributed by atoms with Gasteiger partial charge < -0.3 is 9.51 Å². The van der Waals surface area contributed by atoms with Crippen molar-refractivity contribution in [1.29, 1.82) is 0 Å². The minimum Gasteiger partial charge on any atom is -0.504 e. The second kappa shape index (κ2) is 4.01. The Balaban J connectivity index is 2.01. The number of fused-ring (bicyclic) bond motifs is 1. The second-order valence-electron chi connectivity index (χ2n) is 4.18. The summed E-state index contributed by atoms with van der Waals surface area (Å²) in [5.41, 5.74) is 1.80. The summed E-state index contributed by atoms with van der Waals surface area (Å²) in [7, 11) is 0. The van der Waals surface area contributed by atoms with Crippen LogP contribution in [0.5, 0.6) is 5.75 Å². The average Bonchev–Trinajstić information content (AvgIpc) is 2.76. The monoisotopic (exact) mass is 234 g/mol. The zero-order valence-corrected chi connectivity index (χ0v) is 9.78. The van der Waals surface area contributed by atoms with E-state index < -0.39 is 0 Å². The SMILES string of the molecule is Oc1cccn2cc(C3CCSCC3)nc12. The molecule has 0 unspecified atom stereocenters. The van der Waals surface area contributed by atoms with Crippen molar-refractivity contribution in [2.45, 2.75) is 18.8 Å². The summed E-state index contributed by atoms with van der Waals surface area (Å²) >= 11 is 2.02. The van der Waals surface area contributed by atoms with Gasteiger partial charge in [-0.3, -0.25) is 0 Å². The van der Waals surface area contributed by atoms with Crippen LogP contribution in [0.4, 0.5) is 0 Å². The van der Waals surface area contributed by atoms with Crippen LogP contribution in [0, 0.1) is 0 Å². The second-order valence-corrected chi connectivity index (χ2v) is 5.40. The van der Waals surface area contributed by atoms with Gasteiger partial charge in [-0.15, -0.1) is 0 Å². The number of nitrogens with zero attached hydrogens (tertiary/aromatic N) is 2. The molecule has 2 aromatic heterocycles. The first-order chi connectivity index (χ1) is 7.84. The average molecular weight is 234 g/mol. The molecule has 3 rings (SSSR count). The number of thioether (sulfide) groups is 1. The molecule has 2 aromatic rings. The quantitative estimate of drug-likeness (QED) is 0.824. The lowest BCUT2D eigenvalue weighted by Crippen LogP contribution is -2.07. The summed E-state index contributed by atoms with van der Waals surface area (Å²) in [6.07, 6.45) is 6.39. The highest BCUT2D eigenvalue weighted by Gasteiger charge is 2.19. The Morgan fingerprint density at radius 3 is 2.94 bits per heavy atom. The van der Waals surface area contributed by atoms with Crippen LogP contribution in [-0.4, -0.2) is 26.0 Å². The summed E-state index contributed by atoms with van der Waals surface area (Å²) in [6, 6.07) is 3.52. The van der Waals surface area contributed by atoms with E-state index in [1.807, 2.05) is 28.4 Å². The molecule has 1 saturated heterocycles. The van der Waals surface area contributed by atoms with E-state index in [1.165, 1.54) is 24.3 Å². The molecule has 4 heteroatoms. The molecular weight excluding hydrogens is 220 g/mol. The maximum absolute atomic E-state index is 9.70. The third-order valence-electron chi connectivity index (χ3n) is 3.12. The number of hydrogen-bond donors (Lipinski definition) is 1. The predicted octanol–water partition coefficient (Wildman–Crippen LogP) is 2.65. The molecule has 0 bridgehead atoms. The van der Waals surface area contributed by atoms with Gasteiger partial charge in [0, 0.05) is 18.3 Å². The highest BCUT2D eigenvalue weighted by atomic mass is 32.2. The minimum atomic E-state index is 0.263. The van der Waals surface area contributed by atoms with Crippen molar-refractivity contribution in [3.63, 3.8) is 0 Å². The van der Waals surface area contributed by atoms with Crippen molar-refractivity contribution < 1.29 is 5.11 Å². The summed E-state index contributed by atoms with van der Waals surface area (Å²) in [6.45, 7) is 0. The number of imidazole rings is 1. The number of hydrogen-bond acceptors (Lipinski definition) is 3. The van der Waals surface area contributed by atoms with Crippen LogP contribution in [0.1, 0.15) is 24.5 Å². The third kappa shape index (κ3) is 1.67. The Kier molecular flexibility index (Phi) is 2.52. The molecule has 0 aromatic carbocycles. The lowest BCUT2D eigenvalue weighted by Gasteiger charge is -2.18. The van der Waals surface area contributed by atoms with Crippen LogP contribution in [0.2, 0.25) is 0 Å². The lowest BCUT2D eigenvalue weighted by atomic mass is 10.00. The Hall–Kier alpha value is -1.16. The van der Waals surface area contributed by atoms with E-state index in [-0.39, 0.29) is 5.75 Å². The molecule has 84 valence electrons. The molecule has 1 N–H and O–H groups in total. The highest BCUT2D eigenvalue weighted by molar-refractivity contribution is 7.99. The fraction of sp³-hybridized carbons (Fsp3) is 0.417. The van der Waals surface area contributed by atoms with E-state index in [0.29, 0.717) is 11.6 Å². The largest absolute Gasteiger partial charge is 0.504 e. The molecule has 0 amide bonds. The predicted molar refractivity (Wildman–Crippen MR) is 66.2 cm³/mol. The lowest BCUT2D eigenvalue weighted by molar-refractivity contribution is 0.477. The molecule has 1 aliphatic heterocycles. The van der Waals surface area contributed by atoms with Crippen LogP contribution in [0.3, 0.4) is 0 Å². The van der Waals surface area contributed by atoms with Crippen LogP contribution < -0.4 is 0 Å². The summed E-state index contributed by atoms with van der Waals surface area (Å²) in [4.78, 5) is 4.54. The zero-order chi connectivity index (χ0) is 11.0. The highest BCUT2D eigenvalue weighted by Crippen LogP contribution is 2.31. The number of pyridine rings is 1. The van der Waals surface area contributed by atoms with Crippen molar-refractivity contribution in [3.05, 3.63) is 30.2 Å². The summed E-state index contributed by atoms with van der Waals surface area (Å²) in [5, 5.41) is 9.70. The Morgan fingerprint density at radius 2 is 2.19 bits per heavy atom. The van der Waals surface area contributed by atoms with E-state index >= 15 is 0 Å². The topological polar surface area (TPSA) is 37.5 Å². The number of rotatable bonds is 1. The van der Waals surface area contributed by atoms with Gasteiger partial charge in [-0.25, -0.2) is 4.98 Å². The Morgan fingerprint density at radius 1 is 1.38 bits per heavy atom. The number of aromatic hydroxyl groups is 1. The maximum atomic E-state index is 9.70. The van der Waals surface area contributed by atoms with Gasteiger partial charge >= 0.3 is 0 Å². The fourth-order valence-electron chi connectivity index (χ4n) is 2.21. The molecule has 1 fully saturated rings. The molecule has 0 radical (unpaired) electrons. The van der Waals surface area contributed by atoms with Crippen LogP contribution in [-0.2, 0) is 0 Å². The fourth-order valence-corrected chi connectivity index (χ4v) is 3.31. The van der Waals surface area contributed by atoms with Gasteiger partial charge in [-0.05, 0) is 36.5 Å². The molecular formula is C12H14N2OS. The normalized spacial score (nSPS) is 18.0. The van der Waals surface area contributed by atoms with Gasteiger partial charge in [0.25, 0.3) is 0 Å². The zero-order valence-electron chi connectivity index (χ0n) is 8.97. The first-order valence-electron chi connectivity index (χ1n) is 5.59. The minimum absolute atomic E-state index is 0.263. The van der Waals surface area contributed by atoms with Gasteiger partial charge in [0.2, 0.25) is 0 Å². The number of aromatic nitrogens is 2. The van der Waals surface area contributed by atoms with Gasteiger partial charge in [-0.2, -0.15) is 11.8 Å². The standard InChI is InChI=1S/C12H14N2OS/c15-11-2-1-5-14-8-10(13-12(11)14)9-3-6-16-7-4-9/h1-2,5,8-9,15H,3-4,6-7H2. The summed E-state index contributed by atoms with van der Waals surface area (Å²) in [5.74, 6) is 3.29. The van der Waals surface area contributed by atoms with Crippen molar-refractivity contribution >= 4 is 17.4 Å². The molecule has 3 nitrogen and oxygen atoms in total. The van der Waals surface area contributed by atoms with E-state index in [4.69, 9.17) is 0 Å².